The number of aryl methyl sites for hydroxylation is 2. The number of piperidine rings is 1. The van der Waals surface area contributed by atoms with Gasteiger partial charge in [-0.25, -0.2) is 0 Å². The number of carbonyl (C=O) groups is 2. The molecule has 1 aliphatic heterocycles. The number of para-hydroxylation sites is 1. The molecule has 30 heavy (non-hydrogen) atoms. The van der Waals surface area contributed by atoms with Crippen molar-refractivity contribution in [2.24, 2.45) is 5.92 Å². The Morgan fingerprint density at radius 3 is 2.67 bits per heavy atom. The van der Waals surface area contributed by atoms with Crippen molar-refractivity contribution in [1.82, 2.24) is 4.90 Å². The van der Waals surface area contributed by atoms with Gasteiger partial charge in [0.2, 0.25) is 11.8 Å². The normalized spacial score (nSPS) is 18.9. The van der Waals surface area contributed by atoms with Crippen LogP contribution in [0.15, 0.2) is 42.5 Å². The molecule has 0 aliphatic carbocycles. The van der Waals surface area contributed by atoms with E-state index in [9.17, 15) is 9.59 Å². The summed E-state index contributed by atoms with van der Waals surface area (Å²) in [5.74, 6) is 0.432. The van der Waals surface area contributed by atoms with Gasteiger partial charge in [0.05, 0.1) is 19.1 Å². The van der Waals surface area contributed by atoms with Gasteiger partial charge in [-0.05, 0) is 44.4 Å². The van der Waals surface area contributed by atoms with E-state index in [1.165, 1.54) is 0 Å². The summed E-state index contributed by atoms with van der Waals surface area (Å²) in [6.07, 6.45) is 2.81. The fraction of sp³-hybridized carbons (Fsp3) is 0.440. The lowest BCUT2D eigenvalue weighted by molar-refractivity contribution is -0.142. The van der Waals surface area contributed by atoms with E-state index in [-0.39, 0.29) is 23.8 Å². The third-order valence-corrected chi connectivity index (χ3v) is 5.89. The highest BCUT2D eigenvalue weighted by atomic mass is 16.5. The fourth-order valence-electron chi connectivity index (χ4n) is 4.29. The molecule has 2 aromatic carbocycles. The van der Waals surface area contributed by atoms with Gasteiger partial charge in [-0.15, -0.1) is 0 Å². The maximum Gasteiger partial charge on any atom is 0.229 e. The molecular weight excluding hydrogens is 376 g/mol. The maximum absolute atomic E-state index is 13.4. The molecule has 0 unspecified atom stereocenters. The molecular formula is C25H32N2O3. The van der Waals surface area contributed by atoms with Gasteiger partial charge in [0.25, 0.3) is 0 Å². The molecule has 5 heteroatoms. The van der Waals surface area contributed by atoms with E-state index < -0.39 is 0 Å². The SMILES string of the molecule is CCCCN1C(=O)CC[C@H](C(=O)Nc2ccc(C)cc2C)[C@H]1c1ccccc1OC. The van der Waals surface area contributed by atoms with Crippen LogP contribution < -0.4 is 10.1 Å². The lowest BCUT2D eigenvalue weighted by Crippen LogP contribution is -2.47. The van der Waals surface area contributed by atoms with Crippen molar-refractivity contribution >= 4 is 17.5 Å². The second-order valence-electron chi connectivity index (χ2n) is 8.08. The number of hydrogen-bond donors (Lipinski definition) is 1. The third kappa shape index (κ3) is 4.66. The zero-order valence-electron chi connectivity index (χ0n) is 18.4. The molecule has 1 aliphatic rings. The summed E-state index contributed by atoms with van der Waals surface area (Å²) in [6.45, 7) is 6.79. The summed E-state index contributed by atoms with van der Waals surface area (Å²) in [6, 6.07) is 13.4. The van der Waals surface area contributed by atoms with E-state index in [2.05, 4.69) is 18.3 Å². The molecule has 0 radical (unpaired) electrons. The Labute approximate surface area is 179 Å². The van der Waals surface area contributed by atoms with Crippen molar-refractivity contribution in [3.05, 3.63) is 59.2 Å². The van der Waals surface area contributed by atoms with Crippen LogP contribution in [0.25, 0.3) is 0 Å². The summed E-state index contributed by atoms with van der Waals surface area (Å²) in [7, 11) is 1.63. The van der Waals surface area contributed by atoms with Gasteiger partial charge in [-0.3, -0.25) is 9.59 Å². The topological polar surface area (TPSA) is 58.6 Å². The van der Waals surface area contributed by atoms with Gasteiger partial charge >= 0.3 is 0 Å². The van der Waals surface area contributed by atoms with E-state index >= 15 is 0 Å². The number of hydrogen-bond acceptors (Lipinski definition) is 3. The Bertz CT molecular complexity index is 909. The Morgan fingerprint density at radius 2 is 1.97 bits per heavy atom. The number of likely N-dealkylation sites (tertiary alicyclic amines) is 1. The number of nitrogens with zero attached hydrogens (tertiary/aromatic N) is 1. The predicted octanol–water partition coefficient (Wildman–Crippen LogP) is 5.03. The number of rotatable bonds is 7. The Kier molecular flexibility index (Phi) is 7.14. The number of benzene rings is 2. The molecule has 160 valence electrons. The van der Waals surface area contributed by atoms with Crippen LogP contribution in [0.3, 0.4) is 0 Å². The molecule has 1 saturated heterocycles. The molecule has 2 aromatic rings. The predicted molar refractivity (Wildman–Crippen MR) is 120 cm³/mol. The monoisotopic (exact) mass is 408 g/mol. The van der Waals surface area contributed by atoms with Crippen molar-refractivity contribution in [3.8, 4) is 5.75 Å². The van der Waals surface area contributed by atoms with Crippen molar-refractivity contribution in [2.75, 3.05) is 19.0 Å². The standard InChI is InChI=1S/C25H32N2O3/c1-5-6-15-27-23(28)14-12-20(24(27)19-9-7-8-10-22(19)30-4)25(29)26-21-13-11-17(2)16-18(21)3/h7-11,13,16,20,24H,5-6,12,14-15H2,1-4H3,(H,26,29)/t20-,24+/m0/s1. The number of methoxy groups -OCH3 is 1. The quantitative estimate of drug-likeness (QED) is 0.699. The smallest absolute Gasteiger partial charge is 0.229 e. The van der Waals surface area contributed by atoms with Crippen LogP contribution in [0.2, 0.25) is 0 Å². The molecule has 1 heterocycles. The van der Waals surface area contributed by atoms with Crippen LogP contribution in [0, 0.1) is 19.8 Å². The Morgan fingerprint density at radius 1 is 1.20 bits per heavy atom. The minimum Gasteiger partial charge on any atom is -0.496 e. The minimum atomic E-state index is -0.337. The summed E-state index contributed by atoms with van der Waals surface area (Å²) < 4.78 is 5.60. The molecule has 3 rings (SSSR count). The molecule has 2 amide bonds. The molecule has 0 spiro atoms. The van der Waals surface area contributed by atoms with Gasteiger partial charge in [0, 0.05) is 24.2 Å². The van der Waals surface area contributed by atoms with Crippen molar-refractivity contribution in [2.45, 2.75) is 52.5 Å². The number of nitrogens with one attached hydrogen (secondary N) is 1. The minimum absolute atomic E-state index is 0.0492. The highest BCUT2D eigenvalue weighted by molar-refractivity contribution is 5.95. The molecule has 1 fully saturated rings. The number of amides is 2. The van der Waals surface area contributed by atoms with Crippen LogP contribution in [0.4, 0.5) is 5.69 Å². The first-order chi connectivity index (χ1) is 14.5. The fourth-order valence-corrected chi connectivity index (χ4v) is 4.29. The highest BCUT2D eigenvalue weighted by Gasteiger charge is 2.41. The third-order valence-electron chi connectivity index (χ3n) is 5.89. The first kappa shape index (κ1) is 21.9. The van der Waals surface area contributed by atoms with Gasteiger partial charge in [-0.1, -0.05) is 49.2 Å². The lowest BCUT2D eigenvalue weighted by Gasteiger charge is -2.41. The first-order valence-corrected chi connectivity index (χ1v) is 10.8. The Hall–Kier alpha value is -2.82. The van der Waals surface area contributed by atoms with E-state index in [1.807, 2.05) is 55.1 Å². The first-order valence-electron chi connectivity index (χ1n) is 10.8. The van der Waals surface area contributed by atoms with Crippen molar-refractivity contribution in [1.29, 1.82) is 0 Å². The molecule has 0 aromatic heterocycles. The largest absolute Gasteiger partial charge is 0.496 e. The summed E-state index contributed by atoms with van der Waals surface area (Å²) in [4.78, 5) is 28.2. The van der Waals surface area contributed by atoms with E-state index in [1.54, 1.807) is 7.11 Å². The lowest BCUT2D eigenvalue weighted by atomic mass is 9.83. The average Bonchev–Trinajstić information content (AvgIpc) is 2.74. The maximum atomic E-state index is 13.4. The second kappa shape index (κ2) is 9.79. The molecule has 5 nitrogen and oxygen atoms in total. The zero-order valence-corrected chi connectivity index (χ0v) is 18.4. The molecule has 1 N–H and O–H groups in total. The number of carbonyl (C=O) groups excluding carboxylic acids is 2. The molecule has 0 saturated carbocycles. The van der Waals surface area contributed by atoms with Gasteiger partial charge in [0.15, 0.2) is 0 Å². The van der Waals surface area contributed by atoms with Crippen LogP contribution in [-0.4, -0.2) is 30.4 Å². The molecule has 2 atom stereocenters. The van der Waals surface area contributed by atoms with Crippen LogP contribution >= 0.6 is 0 Å². The van der Waals surface area contributed by atoms with Gasteiger partial charge < -0.3 is 15.0 Å². The number of anilines is 1. The highest BCUT2D eigenvalue weighted by Crippen LogP contribution is 2.41. The number of ether oxygens (including phenoxy) is 1. The van der Waals surface area contributed by atoms with Crippen LogP contribution in [0.5, 0.6) is 5.75 Å². The van der Waals surface area contributed by atoms with E-state index in [0.717, 1.165) is 35.2 Å². The van der Waals surface area contributed by atoms with Gasteiger partial charge in [0.1, 0.15) is 5.75 Å². The molecule has 0 bridgehead atoms. The van der Waals surface area contributed by atoms with Crippen molar-refractivity contribution in [3.63, 3.8) is 0 Å². The average molecular weight is 409 g/mol. The second-order valence-corrected chi connectivity index (χ2v) is 8.08. The zero-order chi connectivity index (χ0) is 21.7. The van der Waals surface area contributed by atoms with Crippen LogP contribution in [0.1, 0.15) is 55.3 Å². The van der Waals surface area contributed by atoms with E-state index in [4.69, 9.17) is 4.74 Å². The van der Waals surface area contributed by atoms with Crippen LogP contribution in [-0.2, 0) is 9.59 Å². The number of unbranched alkanes of at least 4 members (excludes halogenated alkanes) is 1. The van der Waals surface area contributed by atoms with Crippen molar-refractivity contribution < 1.29 is 14.3 Å². The van der Waals surface area contributed by atoms with Gasteiger partial charge in [-0.2, -0.15) is 0 Å². The Balaban J connectivity index is 1.97. The van der Waals surface area contributed by atoms with E-state index in [0.29, 0.717) is 25.1 Å². The summed E-state index contributed by atoms with van der Waals surface area (Å²) >= 11 is 0. The summed E-state index contributed by atoms with van der Waals surface area (Å²) in [5, 5.41) is 3.12. The summed E-state index contributed by atoms with van der Waals surface area (Å²) in [5.41, 5.74) is 3.91.